The van der Waals surface area contributed by atoms with Crippen LogP contribution in [0.1, 0.15) is 0 Å². The Labute approximate surface area is 51.0 Å². The van der Waals surface area contributed by atoms with Crippen LogP contribution in [-0.2, 0) is 4.57 Å². The summed E-state index contributed by atoms with van der Waals surface area (Å²) in [5, 5.41) is 0. The first kappa shape index (κ1) is 15.6. The molecule has 0 aromatic carbocycles. The molecular formula is H8NO4PSe. The molecule has 0 aliphatic carbocycles. The average molecular weight is 196 g/mol. The Kier molecular flexibility index (Phi) is 10.6. The Balaban J connectivity index is -0.0000000800. The second kappa shape index (κ2) is 4.74. The van der Waals surface area contributed by atoms with Crippen LogP contribution < -0.4 is 6.15 Å². The molecule has 0 unspecified atom stereocenters. The van der Waals surface area contributed by atoms with Crippen LogP contribution in [0.4, 0.5) is 0 Å². The summed E-state index contributed by atoms with van der Waals surface area (Å²) in [6.45, 7) is 0. The number of rotatable bonds is 0. The van der Waals surface area contributed by atoms with Crippen molar-refractivity contribution in [1.82, 2.24) is 6.15 Å². The Morgan fingerprint density at radius 2 is 1.14 bits per heavy atom. The third-order valence-electron chi connectivity index (χ3n) is 0. The first-order valence-electron chi connectivity index (χ1n) is 0.783. The van der Waals surface area contributed by atoms with E-state index in [4.69, 9.17) is 19.2 Å². The van der Waals surface area contributed by atoms with Crippen molar-refractivity contribution in [1.29, 1.82) is 0 Å². The molecule has 6 N–H and O–H groups in total. The monoisotopic (exact) mass is 197 g/mol. The van der Waals surface area contributed by atoms with Gasteiger partial charge in [0.15, 0.2) is 0 Å². The minimum atomic E-state index is -4.64. The van der Waals surface area contributed by atoms with Crippen LogP contribution in [-0.4, -0.2) is 31.7 Å². The molecule has 0 rings (SSSR count). The molecule has 0 fully saturated rings. The van der Waals surface area contributed by atoms with Crippen LogP contribution in [0.3, 0.4) is 0 Å². The maximum absolute atomic E-state index is 8.88. The van der Waals surface area contributed by atoms with Gasteiger partial charge in [-0.15, -0.1) is 0 Å². The molecule has 7 heavy (non-hydrogen) atoms. The van der Waals surface area contributed by atoms with Crippen LogP contribution in [0.5, 0.6) is 0 Å². The van der Waals surface area contributed by atoms with E-state index < -0.39 is 7.82 Å². The molecule has 5 nitrogen and oxygen atoms in total. The van der Waals surface area contributed by atoms with Gasteiger partial charge >= 0.3 is 24.9 Å². The second-order valence-corrected chi connectivity index (χ2v) is 1.54. The predicted molar refractivity (Wildman–Crippen MR) is 27.8 cm³/mol. The van der Waals surface area contributed by atoms with E-state index in [-0.39, 0.29) is 23.2 Å². The quantitative estimate of drug-likeness (QED) is 0.273. The van der Waals surface area contributed by atoms with E-state index in [0.717, 1.165) is 0 Å². The molecule has 0 bridgehead atoms. The Morgan fingerprint density at radius 3 is 1.14 bits per heavy atom. The number of phosphoric acid groups is 1. The standard InChI is InChI=1S/H3N.H3O4P.H2Se/c;1-5(2,3)4;/h1H3;(H3,1,2,3,4);1H2. The summed E-state index contributed by atoms with van der Waals surface area (Å²) in [4.78, 5) is 21.6. The fourth-order valence-electron chi connectivity index (χ4n) is 0. The molecule has 0 amide bonds. The normalized spacial score (nSPS) is 8.43. The molecule has 0 aromatic rings. The molecule has 48 valence electrons. The fourth-order valence-corrected chi connectivity index (χ4v) is 0. The van der Waals surface area contributed by atoms with Crippen LogP contribution >= 0.6 is 7.82 Å². The summed E-state index contributed by atoms with van der Waals surface area (Å²) < 4.78 is 8.88. The first-order chi connectivity index (χ1) is 2.00. The summed E-state index contributed by atoms with van der Waals surface area (Å²) in [5.41, 5.74) is 0. The molecule has 7 heteroatoms. The van der Waals surface area contributed by atoms with E-state index in [9.17, 15) is 0 Å². The molecule has 0 aliphatic heterocycles. The summed E-state index contributed by atoms with van der Waals surface area (Å²) >= 11 is 0. The van der Waals surface area contributed by atoms with Gasteiger partial charge in [-0.05, 0) is 0 Å². The van der Waals surface area contributed by atoms with Gasteiger partial charge in [0.1, 0.15) is 0 Å². The molecule has 0 radical (unpaired) electrons. The van der Waals surface area contributed by atoms with Crippen molar-refractivity contribution < 1.29 is 19.2 Å². The van der Waals surface area contributed by atoms with Gasteiger partial charge < -0.3 is 20.8 Å². The Hall–Kier alpha value is 0.589. The maximum atomic E-state index is 8.88. The summed E-state index contributed by atoms with van der Waals surface area (Å²) in [5.74, 6) is 0. The van der Waals surface area contributed by atoms with Gasteiger partial charge in [-0.3, -0.25) is 0 Å². The molecule has 0 saturated heterocycles. The van der Waals surface area contributed by atoms with Gasteiger partial charge in [-0.1, -0.05) is 0 Å². The van der Waals surface area contributed by atoms with Crippen molar-refractivity contribution in [2.45, 2.75) is 0 Å². The minimum absolute atomic E-state index is 0. The van der Waals surface area contributed by atoms with Crippen LogP contribution in [0.2, 0.25) is 0 Å². The fraction of sp³-hybridized carbons (Fsp3) is 0. The molecular weight excluding hydrogens is 188 g/mol. The van der Waals surface area contributed by atoms with Crippen molar-refractivity contribution in [3.05, 3.63) is 0 Å². The van der Waals surface area contributed by atoms with Crippen LogP contribution in [0.25, 0.3) is 0 Å². The van der Waals surface area contributed by atoms with Crippen molar-refractivity contribution in [3.8, 4) is 0 Å². The molecule has 0 aromatic heterocycles. The van der Waals surface area contributed by atoms with Gasteiger partial charge in [0.05, 0.1) is 0 Å². The molecule has 0 aliphatic rings. The summed E-state index contributed by atoms with van der Waals surface area (Å²) in [6.07, 6.45) is 0. The zero-order valence-corrected chi connectivity index (χ0v) is 6.40. The third kappa shape index (κ3) is 399. The van der Waals surface area contributed by atoms with Gasteiger partial charge in [-0.25, -0.2) is 4.57 Å². The topological polar surface area (TPSA) is 113 Å². The van der Waals surface area contributed by atoms with Gasteiger partial charge in [0.25, 0.3) is 0 Å². The Morgan fingerprint density at radius 1 is 1.14 bits per heavy atom. The van der Waals surface area contributed by atoms with Crippen LogP contribution in [0.15, 0.2) is 0 Å². The number of hydrogen-bond donors (Lipinski definition) is 4. The average Bonchev–Trinajstić information content (AvgIpc) is 0.722. The SMILES string of the molecule is N.O=P(O)(O)O.[SeH2]. The zero-order chi connectivity index (χ0) is 4.50. The van der Waals surface area contributed by atoms with E-state index in [0.29, 0.717) is 0 Å². The van der Waals surface area contributed by atoms with Crippen LogP contribution in [0, 0.1) is 0 Å². The van der Waals surface area contributed by atoms with Gasteiger partial charge in [0.2, 0.25) is 0 Å². The van der Waals surface area contributed by atoms with E-state index in [1.807, 2.05) is 0 Å². The van der Waals surface area contributed by atoms with Crippen molar-refractivity contribution in [2.75, 3.05) is 0 Å². The van der Waals surface area contributed by atoms with E-state index in [1.54, 1.807) is 0 Å². The molecule has 0 saturated carbocycles. The third-order valence-corrected chi connectivity index (χ3v) is 0. The van der Waals surface area contributed by atoms with Crippen molar-refractivity contribution in [2.24, 2.45) is 0 Å². The summed E-state index contributed by atoms with van der Waals surface area (Å²) in [6, 6.07) is 0. The molecule has 0 heterocycles. The van der Waals surface area contributed by atoms with Crippen molar-refractivity contribution >= 4 is 24.9 Å². The van der Waals surface area contributed by atoms with Crippen molar-refractivity contribution in [3.63, 3.8) is 0 Å². The zero-order valence-electron chi connectivity index (χ0n) is 3.40. The summed E-state index contributed by atoms with van der Waals surface area (Å²) in [7, 11) is -4.64. The molecule has 0 spiro atoms. The van der Waals surface area contributed by atoms with E-state index in [1.165, 1.54) is 0 Å². The van der Waals surface area contributed by atoms with E-state index >= 15 is 0 Å². The first-order valence-corrected chi connectivity index (χ1v) is 2.35. The second-order valence-electron chi connectivity index (χ2n) is 0.513. The predicted octanol–water partition coefficient (Wildman–Crippen LogP) is -1.68. The molecule has 0 atom stereocenters. The number of hydrogen-bond acceptors (Lipinski definition) is 2. The van der Waals surface area contributed by atoms with Gasteiger partial charge in [0, 0.05) is 0 Å². The van der Waals surface area contributed by atoms with E-state index in [2.05, 4.69) is 0 Å². The Bertz CT molecular complexity index is 57.8. The van der Waals surface area contributed by atoms with Gasteiger partial charge in [-0.2, -0.15) is 0 Å².